The zero-order valence-corrected chi connectivity index (χ0v) is 8.92. The lowest BCUT2D eigenvalue weighted by atomic mass is 10.1. The number of nitrogens with zero attached hydrogens (tertiary/aromatic N) is 1. The Morgan fingerprint density at radius 2 is 2.00 bits per heavy atom. The number of nitrogens with two attached hydrogens (primary N) is 1. The van der Waals surface area contributed by atoms with E-state index in [1.165, 1.54) is 24.3 Å². The van der Waals surface area contributed by atoms with E-state index in [-0.39, 0.29) is 11.1 Å². The second kappa shape index (κ2) is 4.28. The van der Waals surface area contributed by atoms with Crippen molar-refractivity contribution in [1.29, 1.82) is 0 Å². The molecular weight excluding hydrogens is 243 g/mol. The molecule has 2 rings (SSSR count). The molecule has 18 heavy (non-hydrogen) atoms. The van der Waals surface area contributed by atoms with Crippen LogP contribution in [0.5, 0.6) is 0 Å². The van der Waals surface area contributed by atoms with Gasteiger partial charge in [-0.15, -0.1) is 0 Å². The highest BCUT2D eigenvalue weighted by atomic mass is 19.1. The van der Waals surface area contributed by atoms with E-state index >= 15 is 0 Å². The van der Waals surface area contributed by atoms with Crippen LogP contribution in [0.15, 0.2) is 34.7 Å². The van der Waals surface area contributed by atoms with Gasteiger partial charge in [-0.3, -0.25) is 14.9 Å². The quantitative estimate of drug-likeness (QED) is 0.665. The van der Waals surface area contributed by atoms with E-state index in [1.807, 2.05) is 0 Å². The van der Waals surface area contributed by atoms with Gasteiger partial charge in [-0.1, -0.05) is 18.2 Å². The first-order valence-electron chi connectivity index (χ1n) is 4.83. The predicted octanol–water partition coefficient (Wildman–Crippen LogP) is 2.09. The Morgan fingerprint density at radius 1 is 1.33 bits per heavy atom. The highest BCUT2D eigenvalue weighted by Crippen LogP contribution is 2.32. The van der Waals surface area contributed by atoms with Crippen LogP contribution in [-0.2, 0) is 0 Å². The summed E-state index contributed by atoms with van der Waals surface area (Å²) >= 11 is 0. The zero-order chi connectivity index (χ0) is 13.3. The van der Waals surface area contributed by atoms with Crippen LogP contribution in [0.1, 0.15) is 10.6 Å². The minimum atomic E-state index is -0.999. The summed E-state index contributed by atoms with van der Waals surface area (Å²) in [5.74, 6) is -2.73. The van der Waals surface area contributed by atoms with Crippen LogP contribution in [0, 0.1) is 15.9 Å². The third kappa shape index (κ3) is 1.93. The maximum absolute atomic E-state index is 13.6. The van der Waals surface area contributed by atoms with Gasteiger partial charge in [-0.05, 0) is 6.07 Å². The van der Waals surface area contributed by atoms with E-state index in [1.54, 1.807) is 0 Å². The van der Waals surface area contributed by atoms with E-state index in [0.29, 0.717) is 0 Å². The second-order valence-electron chi connectivity index (χ2n) is 3.43. The van der Waals surface area contributed by atoms with E-state index < -0.39 is 28.3 Å². The Kier molecular flexibility index (Phi) is 2.80. The van der Waals surface area contributed by atoms with Gasteiger partial charge in [-0.25, -0.2) is 4.39 Å². The normalized spacial score (nSPS) is 10.3. The third-order valence-corrected chi connectivity index (χ3v) is 2.29. The monoisotopic (exact) mass is 250 g/mol. The molecule has 1 heterocycles. The van der Waals surface area contributed by atoms with Crippen molar-refractivity contribution < 1.29 is 18.5 Å². The number of hydrogen-bond donors (Lipinski definition) is 1. The first kappa shape index (κ1) is 11.8. The van der Waals surface area contributed by atoms with E-state index in [2.05, 4.69) is 0 Å². The molecule has 0 aliphatic heterocycles. The van der Waals surface area contributed by atoms with Crippen molar-refractivity contribution in [2.45, 2.75) is 0 Å². The lowest BCUT2D eigenvalue weighted by Crippen LogP contribution is -2.11. The van der Waals surface area contributed by atoms with Crippen LogP contribution in [0.25, 0.3) is 11.1 Å². The molecule has 0 spiro atoms. The Bertz CT molecular complexity index is 636. The topological polar surface area (TPSA) is 99.4 Å². The van der Waals surface area contributed by atoms with Crippen molar-refractivity contribution in [3.8, 4) is 11.1 Å². The zero-order valence-electron chi connectivity index (χ0n) is 8.92. The van der Waals surface area contributed by atoms with Gasteiger partial charge < -0.3 is 10.2 Å². The first-order chi connectivity index (χ1) is 8.50. The molecule has 0 aliphatic rings. The molecule has 2 aromatic rings. The van der Waals surface area contributed by atoms with Gasteiger partial charge in [0.15, 0.2) is 0 Å². The number of amides is 1. The Balaban J connectivity index is 2.67. The molecule has 1 aromatic heterocycles. The summed E-state index contributed by atoms with van der Waals surface area (Å²) in [7, 11) is 0. The van der Waals surface area contributed by atoms with Gasteiger partial charge >= 0.3 is 5.88 Å². The number of halogens is 1. The minimum Gasteiger partial charge on any atom is -0.395 e. The van der Waals surface area contributed by atoms with Crippen LogP contribution >= 0.6 is 0 Å². The smallest absolute Gasteiger partial charge is 0.395 e. The van der Waals surface area contributed by atoms with Crippen LogP contribution < -0.4 is 5.73 Å². The maximum Gasteiger partial charge on any atom is 0.434 e. The van der Waals surface area contributed by atoms with Crippen molar-refractivity contribution in [1.82, 2.24) is 0 Å². The lowest BCUT2D eigenvalue weighted by Gasteiger charge is -2.00. The Labute approximate surface area is 100.0 Å². The van der Waals surface area contributed by atoms with Crippen molar-refractivity contribution in [2.24, 2.45) is 5.73 Å². The molecule has 92 valence electrons. The van der Waals surface area contributed by atoms with Crippen LogP contribution in [0.2, 0.25) is 0 Å². The van der Waals surface area contributed by atoms with Crippen LogP contribution in [0.4, 0.5) is 10.3 Å². The average molecular weight is 250 g/mol. The molecule has 0 saturated carbocycles. The molecule has 6 nitrogen and oxygen atoms in total. The summed E-state index contributed by atoms with van der Waals surface area (Å²) in [6.07, 6.45) is 0. The number of primary amides is 1. The van der Waals surface area contributed by atoms with Gasteiger partial charge in [0, 0.05) is 11.1 Å². The molecule has 0 saturated heterocycles. The standard InChI is InChI=1S/C11H7FN2O4/c12-8-4-2-1-3-6(8)7-5-9(14(16)17)18-10(7)11(13)15/h1-5H,(H2,13,15). The number of carbonyl (C=O) groups is 1. The summed E-state index contributed by atoms with van der Waals surface area (Å²) in [5.41, 5.74) is 5.02. The van der Waals surface area contributed by atoms with Gasteiger partial charge in [0.1, 0.15) is 10.7 Å². The number of furan rings is 1. The van der Waals surface area contributed by atoms with Gasteiger partial charge in [0.2, 0.25) is 5.76 Å². The number of benzene rings is 1. The maximum atomic E-state index is 13.6. The third-order valence-electron chi connectivity index (χ3n) is 2.29. The summed E-state index contributed by atoms with van der Waals surface area (Å²) in [6, 6.07) is 6.49. The molecule has 0 fully saturated rings. The average Bonchev–Trinajstić information content (AvgIpc) is 2.74. The number of carbonyl (C=O) groups excluding carboxylic acids is 1. The van der Waals surface area contributed by atoms with Gasteiger partial charge in [0.25, 0.3) is 5.91 Å². The molecule has 0 atom stereocenters. The van der Waals surface area contributed by atoms with Crippen molar-refractivity contribution in [3.63, 3.8) is 0 Å². The largest absolute Gasteiger partial charge is 0.434 e. The molecule has 1 aromatic carbocycles. The lowest BCUT2D eigenvalue weighted by molar-refractivity contribution is -0.402. The molecule has 0 bridgehead atoms. The van der Waals surface area contributed by atoms with Crippen LogP contribution in [0.3, 0.4) is 0 Å². The summed E-state index contributed by atoms with van der Waals surface area (Å²) in [6.45, 7) is 0. The molecule has 7 heteroatoms. The Morgan fingerprint density at radius 3 is 2.56 bits per heavy atom. The SMILES string of the molecule is NC(=O)c1oc([N+](=O)[O-])cc1-c1ccccc1F. The number of rotatable bonds is 3. The summed E-state index contributed by atoms with van der Waals surface area (Å²) in [5, 5.41) is 10.6. The molecule has 0 aliphatic carbocycles. The fraction of sp³-hybridized carbons (Fsp3) is 0. The van der Waals surface area contributed by atoms with Crippen LogP contribution in [-0.4, -0.2) is 10.8 Å². The fourth-order valence-corrected chi connectivity index (χ4v) is 1.53. The second-order valence-corrected chi connectivity index (χ2v) is 3.43. The predicted molar refractivity (Wildman–Crippen MR) is 59.3 cm³/mol. The Hall–Kier alpha value is -2.70. The highest BCUT2D eigenvalue weighted by molar-refractivity contribution is 5.97. The molecular formula is C11H7FN2O4. The molecule has 0 unspecified atom stereocenters. The molecule has 1 amide bonds. The van der Waals surface area contributed by atoms with Crippen molar-refractivity contribution in [3.05, 3.63) is 52.0 Å². The van der Waals surface area contributed by atoms with Crippen molar-refractivity contribution in [2.75, 3.05) is 0 Å². The van der Waals surface area contributed by atoms with Gasteiger partial charge in [0.05, 0.1) is 6.07 Å². The van der Waals surface area contributed by atoms with Gasteiger partial charge in [-0.2, -0.15) is 0 Å². The highest BCUT2D eigenvalue weighted by Gasteiger charge is 2.24. The summed E-state index contributed by atoms with van der Waals surface area (Å²) < 4.78 is 18.3. The summed E-state index contributed by atoms with van der Waals surface area (Å²) in [4.78, 5) is 20.9. The fourth-order valence-electron chi connectivity index (χ4n) is 1.53. The van der Waals surface area contributed by atoms with E-state index in [9.17, 15) is 19.3 Å². The van der Waals surface area contributed by atoms with E-state index in [4.69, 9.17) is 10.2 Å². The minimum absolute atomic E-state index is 0.0168. The number of hydrogen-bond acceptors (Lipinski definition) is 4. The van der Waals surface area contributed by atoms with Crippen molar-refractivity contribution >= 4 is 11.8 Å². The molecule has 0 radical (unpaired) electrons. The number of nitro groups is 1. The molecule has 2 N–H and O–H groups in total. The first-order valence-corrected chi connectivity index (χ1v) is 4.83. The van der Waals surface area contributed by atoms with E-state index in [0.717, 1.165) is 6.07 Å².